The summed E-state index contributed by atoms with van der Waals surface area (Å²) < 4.78 is 13.6. The van der Waals surface area contributed by atoms with E-state index in [1.54, 1.807) is 12.1 Å². The monoisotopic (exact) mass is 290 g/mol. The molecule has 1 aromatic rings. The van der Waals surface area contributed by atoms with E-state index in [4.69, 9.17) is 0 Å². The minimum absolute atomic E-state index is 0.127. The van der Waals surface area contributed by atoms with Gasteiger partial charge in [-0.3, -0.25) is 9.59 Å². The third-order valence-corrected chi connectivity index (χ3v) is 4.43. The van der Waals surface area contributed by atoms with Gasteiger partial charge in [-0.1, -0.05) is 25.0 Å². The lowest BCUT2D eigenvalue weighted by atomic mass is 10.0. The van der Waals surface area contributed by atoms with Crippen LogP contribution in [0.15, 0.2) is 24.3 Å². The van der Waals surface area contributed by atoms with Crippen LogP contribution in [0.1, 0.15) is 38.5 Å². The lowest BCUT2D eigenvalue weighted by molar-refractivity contribution is -0.134. The van der Waals surface area contributed by atoms with Gasteiger partial charge < -0.3 is 10.6 Å². The lowest BCUT2D eigenvalue weighted by Gasteiger charge is -2.19. The van der Waals surface area contributed by atoms with Crippen LogP contribution >= 0.6 is 0 Å². The Kier molecular flexibility index (Phi) is 3.66. The van der Waals surface area contributed by atoms with E-state index in [0.29, 0.717) is 12.8 Å². The van der Waals surface area contributed by atoms with Gasteiger partial charge in [0.2, 0.25) is 11.8 Å². The molecule has 0 unspecified atom stereocenters. The van der Waals surface area contributed by atoms with E-state index in [1.165, 1.54) is 12.1 Å². The van der Waals surface area contributed by atoms with Crippen molar-refractivity contribution in [2.75, 3.05) is 5.32 Å². The number of carbonyl (C=O) groups is 2. The standard InChI is InChI=1S/C16H19FN2O2/c17-12-7-3-4-8-13(12)19-15(21)16(9-10-16)14(20)18-11-5-1-2-6-11/h3-4,7-8,11H,1-2,5-6,9-10H2,(H,18,20)(H,19,21). The second kappa shape index (κ2) is 5.47. The van der Waals surface area contributed by atoms with E-state index < -0.39 is 17.1 Å². The van der Waals surface area contributed by atoms with Crippen LogP contribution in [0.2, 0.25) is 0 Å². The van der Waals surface area contributed by atoms with Gasteiger partial charge in [-0.15, -0.1) is 0 Å². The third-order valence-electron chi connectivity index (χ3n) is 4.43. The first-order chi connectivity index (χ1) is 10.1. The minimum atomic E-state index is -0.995. The molecule has 0 aromatic heterocycles. The summed E-state index contributed by atoms with van der Waals surface area (Å²) in [6, 6.07) is 6.18. The molecule has 2 aliphatic rings. The highest BCUT2D eigenvalue weighted by molar-refractivity contribution is 6.13. The van der Waals surface area contributed by atoms with Crippen molar-refractivity contribution < 1.29 is 14.0 Å². The number of carbonyl (C=O) groups excluding carboxylic acids is 2. The zero-order chi connectivity index (χ0) is 14.9. The third kappa shape index (κ3) is 2.77. The number of anilines is 1. The van der Waals surface area contributed by atoms with Gasteiger partial charge in [-0.05, 0) is 37.8 Å². The SMILES string of the molecule is O=C(Nc1ccccc1F)C1(C(=O)NC2CCCC2)CC1. The molecule has 0 heterocycles. The smallest absolute Gasteiger partial charge is 0.240 e. The molecule has 5 heteroatoms. The van der Waals surface area contributed by atoms with Gasteiger partial charge in [-0.2, -0.15) is 0 Å². The summed E-state index contributed by atoms with van der Waals surface area (Å²) in [5.41, 5.74) is -0.868. The number of halogens is 1. The molecular formula is C16H19FN2O2. The van der Waals surface area contributed by atoms with E-state index in [0.717, 1.165) is 25.7 Å². The first kappa shape index (κ1) is 14.0. The fraction of sp³-hybridized carbons (Fsp3) is 0.500. The molecule has 0 aliphatic heterocycles. The summed E-state index contributed by atoms with van der Waals surface area (Å²) in [5, 5.41) is 5.51. The van der Waals surface area contributed by atoms with Crippen molar-refractivity contribution in [2.45, 2.75) is 44.6 Å². The molecule has 0 bridgehead atoms. The number of amides is 2. The molecule has 2 saturated carbocycles. The Morgan fingerprint density at radius 1 is 1.10 bits per heavy atom. The summed E-state index contributed by atoms with van der Waals surface area (Å²) in [4.78, 5) is 24.7. The number of benzene rings is 1. The van der Waals surface area contributed by atoms with Crippen molar-refractivity contribution >= 4 is 17.5 Å². The lowest BCUT2D eigenvalue weighted by Crippen LogP contribution is -2.43. The maximum absolute atomic E-state index is 13.6. The summed E-state index contributed by atoms with van der Waals surface area (Å²) in [5.74, 6) is -1.09. The molecule has 0 saturated heterocycles. The van der Waals surface area contributed by atoms with E-state index >= 15 is 0 Å². The van der Waals surface area contributed by atoms with Gasteiger partial charge in [0.05, 0.1) is 5.69 Å². The van der Waals surface area contributed by atoms with Gasteiger partial charge in [0.25, 0.3) is 0 Å². The molecule has 1 aromatic carbocycles. The maximum atomic E-state index is 13.6. The zero-order valence-corrected chi connectivity index (χ0v) is 11.8. The first-order valence-corrected chi connectivity index (χ1v) is 7.49. The zero-order valence-electron chi connectivity index (χ0n) is 11.8. The highest BCUT2D eigenvalue weighted by Crippen LogP contribution is 2.47. The van der Waals surface area contributed by atoms with Crippen LogP contribution in [-0.4, -0.2) is 17.9 Å². The number of hydrogen-bond donors (Lipinski definition) is 2. The van der Waals surface area contributed by atoms with E-state index in [1.807, 2.05) is 0 Å². The normalized spacial score (nSPS) is 20.0. The van der Waals surface area contributed by atoms with Crippen LogP contribution in [0, 0.1) is 11.2 Å². The topological polar surface area (TPSA) is 58.2 Å². The van der Waals surface area contributed by atoms with Crippen molar-refractivity contribution in [3.8, 4) is 0 Å². The Bertz CT molecular complexity index is 563. The summed E-state index contributed by atoms with van der Waals surface area (Å²) in [6.45, 7) is 0. The number of rotatable bonds is 4. The van der Waals surface area contributed by atoms with E-state index in [2.05, 4.69) is 10.6 Å². The second-order valence-electron chi connectivity index (χ2n) is 5.97. The minimum Gasteiger partial charge on any atom is -0.352 e. The summed E-state index contributed by atoms with van der Waals surface area (Å²) in [6.07, 6.45) is 5.28. The molecule has 3 rings (SSSR count). The number of hydrogen-bond acceptors (Lipinski definition) is 2. The molecule has 2 fully saturated rings. The van der Waals surface area contributed by atoms with Crippen LogP contribution in [0.3, 0.4) is 0 Å². The van der Waals surface area contributed by atoms with Crippen molar-refractivity contribution in [2.24, 2.45) is 5.41 Å². The van der Waals surface area contributed by atoms with Gasteiger partial charge >= 0.3 is 0 Å². The largest absolute Gasteiger partial charge is 0.352 e. The highest BCUT2D eigenvalue weighted by Gasteiger charge is 2.56. The second-order valence-corrected chi connectivity index (χ2v) is 5.97. The highest BCUT2D eigenvalue weighted by atomic mass is 19.1. The average Bonchev–Trinajstić information content (AvgIpc) is 3.14. The Labute approximate surface area is 123 Å². The molecule has 112 valence electrons. The molecule has 0 radical (unpaired) electrons. The Balaban J connectivity index is 1.66. The number of nitrogens with one attached hydrogen (secondary N) is 2. The van der Waals surface area contributed by atoms with Gasteiger partial charge in [0.15, 0.2) is 0 Å². The van der Waals surface area contributed by atoms with Crippen LogP contribution in [0.5, 0.6) is 0 Å². The predicted molar refractivity (Wildman–Crippen MR) is 77.1 cm³/mol. The Hall–Kier alpha value is -1.91. The average molecular weight is 290 g/mol. The van der Waals surface area contributed by atoms with Gasteiger partial charge in [0.1, 0.15) is 11.2 Å². The molecule has 2 aliphatic carbocycles. The van der Waals surface area contributed by atoms with Crippen LogP contribution in [0.4, 0.5) is 10.1 Å². The predicted octanol–water partition coefficient (Wildman–Crippen LogP) is 2.60. The Morgan fingerprint density at radius 2 is 1.76 bits per heavy atom. The van der Waals surface area contributed by atoms with Crippen molar-refractivity contribution in [3.05, 3.63) is 30.1 Å². The molecule has 2 N–H and O–H groups in total. The van der Waals surface area contributed by atoms with Gasteiger partial charge in [-0.25, -0.2) is 4.39 Å². The van der Waals surface area contributed by atoms with Crippen LogP contribution in [0.25, 0.3) is 0 Å². The molecule has 0 spiro atoms. The van der Waals surface area contributed by atoms with Crippen molar-refractivity contribution in [3.63, 3.8) is 0 Å². The van der Waals surface area contributed by atoms with Crippen LogP contribution in [-0.2, 0) is 9.59 Å². The molecule has 4 nitrogen and oxygen atoms in total. The fourth-order valence-electron chi connectivity index (χ4n) is 2.88. The van der Waals surface area contributed by atoms with Crippen LogP contribution < -0.4 is 10.6 Å². The molecular weight excluding hydrogens is 271 g/mol. The fourth-order valence-corrected chi connectivity index (χ4v) is 2.88. The number of para-hydroxylation sites is 1. The van der Waals surface area contributed by atoms with Crippen molar-refractivity contribution in [1.82, 2.24) is 5.32 Å². The molecule has 21 heavy (non-hydrogen) atoms. The molecule has 2 amide bonds. The van der Waals surface area contributed by atoms with E-state index in [9.17, 15) is 14.0 Å². The summed E-state index contributed by atoms with van der Waals surface area (Å²) >= 11 is 0. The van der Waals surface area contributed by atoms with Gasteiger partial charge in [0, 0.05) is 6.04 Å². The summed E-state index contributed by atoms with van der Waals surface area (Å²) in [7, 11) is 0. The molecule has 0 atom stereocenters. The Morgan fingerprint density at radius 3 is 2.38 bits per heavy atom. The first-order valence-electron chi connectivity index (χ1n) is 7.49. The van der Waals surface area contributed by atoms with E-state index in [-0.39, 0.29) is 17.6 Å². The maximum Gasteiger partial charge on any atom is 0.240 e. The quantitative estimate of drug-likeness (QED) is 0.837. The van der Waals surface area contributed by atoms with Crippen molar-refractivity contribution in [1.29, 1.82) is 0 Å².